The van der Waals surface area contributed by atoms with Gasteiger partial charge >= 0.3 is 0 Å². The maximum absolute atomic E-state index is 12.1. The van der Waals surface area contributed by atoms with Crippen molar-refractivity contribution in [2.75, 3.05) is 26.2 Å². The Morgan fingerprint density at radius 1 is 1.47 bits per heavy atom. The van der Waals surface area contributed by atoms with Crippen molar-refractivity contribution >= 4 is 5.91 Å². The molecule has 0 saturated carbocycles. The van der Waals surface area contributed by atoms with Gasteiger partial charge < -0.3 is 10.2 Å². The Balaban J connectivity index is 2.64. The molecule has 1 saturated heterocycles. The molecular formula is C12H22N2O. The minimum Gasteiger partial charge on any atom is -0.339 e. The Labute approximate surface area is 92.5 Å². The van der Waals surface area contributed by atoms with Crippen LogP contribution in [0.2, 0.25) is 0 Å². The van der Waals surface area contributed by atoms with Crippen molar-refractivity contribution in [3.63, 3.8) is 0 Å². The number of hydrogen-bond donors (Lipinski definition) is 1. The minimum absolute atomic E-state index is 0.211. The fourth-order valence-electron chi connectivity index (χ4n) is 1.70. The highest BCUT2D eigenvalue weighted by atomic mass is 16.2. The van der Waals surface area contributed by atoms with Gasteiger partial charge in [0.1, 0.15) is 0 Å². The molecule has 0 unspecified atom stereocenters. The van der Waals surface area contributed by atoms with E-state index in [9.17, 15) is 4.79 Å². The molecule has 0 aromatic carbocycles. The van der Waals surface area contributed by atoms with Crippen LogP contribution in [0.4, 0.5) is 0 Å². The average Bonchev–Trinajstić information content (AvgIpc) is 2.09. The lowest BCUT2D eigenvalue weighted by atomic mass is 10.0. The molecular weight excluding hydrogens is 188 g/mol. The van der Waals surface area contributed by atoms with Crippen LogP contribution in [0, 0.1) is 5.92 Å². The zero-order valence-electron chi connectivity index (χ0n) is 10.3. The van der Waals surface area contributed by atoms with E-state index >= 15 is 0 Å². The van der Waals surface area contributed by atoms with Crippen LogP contribution in [-0.2, 0) is 4.79 Å². The van der Waals surface area contributed by atoms with Crippen molar-refractivity contribution in [3.8, 4) is 0 Å². The van der Waals surface area contributed by atoms with Crippen LogP contribution in [0.5, 0.6) is 0 Å². The first-order valence-corrected chi connectivity index (χ1v) is 5.74. The molecule has 1 aliphatic rings. The summed E-state index contributed by atoms with van der Waals surface area (Å²) in [6.07, 6.45) is 0. The van der Waals surface area contributed by atoms with Gasteiger partial charge in [-0.1, -0.05) is 13.8 Å². The Kier molecular flexibility index (Phi) is 4.33. The number of carbonyl (C=O) groups excluding carboxylic acids is 1. The molecule has 0 radical (unpaired) electrons. The van der Waals surface area contributed by atoms with Gasteiger partial charge in [0.25, 0.3) is 0 Å². The normalized spacial score (nSPS) is 15.1. The van der Waals surface area contributed by atoms with Gasteiger partial charge in [0, 0.05) is 31.8 Å². The third kappa shape index (κ3) is 3.06. The maximum Gasteiger partial charge on any atom is 0.249 e. The lowest BCUT2D eigenvalue weighted by Crippen LogP contribution is -2.40. The zero-order chi connectivity index (χ0) is 11.4. The van der Waals surface area contributed by atoms with Crippen LogP contribution in [0.25, 0.3) is 0 Å². The smallest absolute Gasteiger partial charge is 0.249 e. The average molecular weight is 210 g/mol. The number of nitrogens with one attached hydrogen (secondary N) is 1. The van der Waals surface area contributed by atoms with Crippen LogP contribution in [0.1, 0.15) is 27.7 Å². The van der Waals surface area contributed by atoms with Gasteiger partial charge in [-0.3, -0.25) is 4.79 Å². The standard InChI is InChI=1S/C12H22N2O/c1-5-14(8-9(2)3)12(15)10(4)11-6-13-7-11/h9,13H,5-8H2,1-4H3. The third-order valence-corrected chi connectivity index (χ3v) is 2.78. The highest BCUT2D eigenvalue weighted by Crippen LogP contribution is 2.12. The number of rotatable bonds is 4. The molecule has 1 amide bonds. The third-order valence-electron chi connectivity index (χ3n) is 2.78. The molecule has 1 N–H and O–H groups in total. The second-order valence-electron chi connectivity index (χ2n) is 4.57. The van der Waals surface area contributed by atoms with Crippen LogP contribution < -0.4 is 5.32 Å². The topological polar surface area (TPSA) is 32.3 Å². The van der Waals surface area contributed by atoms with E-state index in [2.05, 4.69) is 19.2 Å². The van der Waals surface area contributed by atoms with E-state index in [0.29, 0.717) is 5.92 Å². The highest BCUT2D eigenvalue weighted by Gasteiger charge is 2.20. The van der Waals surface area contributed by atoms with Crippen molar-refractivity contribution in [1.82, 2.24) is 10.2 Å². The van der Waals surface area contributed by atoms with E-state index in [0.717, 1.165) is 31.8 Å². The van der Waals surface area contributed by atoms with Gasteiger partial charge in [-0.2, -0.15) is 0 Å². The van der Waals surface area contributed by atoms with Crippen molar-refractivity contribution in [3.05, 3.63) is 11.1 Å². The summed E-state index contributed by atoms with van der Waals surface area (Å²) < 4.78 is 0. The summed E-state index contributed by atoms with van der Waals surface area (Å²) in [5.41, 5.74) is 2.21. The minimum atomic E-state index is 0.211. The Morgan fingerprint density at radius 2 is 2.07 bits per heavy atom. The van der Waals surface area contributed by atoms with E-state index in [1.165, 1.54) is 5.57 Å². The molecule has 1 rings (SSSR count). The summed E-state index contributed by atoms with van der Waals surface area (Å²) in [6, 6.07) is 0. The summed E-state index contributed by atoms with van der Waals surface area (Å²) in [5.74, 6) is 0.744. The highest BCUT2D eigenvalue weighted by molar-refractivity contribution is 5.94. The van der Waals surface area contributed by atoms with Crippen molar-refractivity contribution in [1.29, 1.82) is 0 Å². The van der Waals surface area contributed by atoms with Crippen LogP contribution >= 0.6 is 0 Å². The first-order chi connectivity index (χ1) is 7.06. The molecule has 86 valence electrons. The summed E-state index contributed by atoms with van der Waals surface area (Å²) in [5, 5.41) is 3.17. The van der Waals surface area contributed by atoms with E-state index in [1.54, 1.807) is 0 Å². The number of carbonyl (C=O) groups is 1. The molecule has 3 heteroatoms. The van der Waals surface area contributed by atoms with Gasteiger partial charge in [-0.15, -0.1) is 0 Å². The van der Waals surface area contributed by atoms with Gasteiger partial charge in [0.05, 0.1) is 0 Å². The largest absolute Gasteiger partial charge is 0.339 e. The summed E-state index contributed by atoms with van der Waals surface area (Å²) in [6.45, 7) is 11.7. The predicted molar refractivity (Wildman–Crippen MR) is 62.7 cm³/mol. The van der Waals surface area contributed by atoms with E-state index < -0.39 is 0 Å². The fraction of sp³-hybridized carbons (Fsp3) is 0.750. The summed E-state index contributed by atoms with van der Waals surface area (Å²) in [7, 11) is 0. The van der Waals surface area contributed by atoms with Gasteiger partial charge in [-0.05, 0) is 25.3 Å². The SMILES string of the molecule is CCN(CC(C)C)C(=O)C(C)=C1CNC1. The molecule has 0 bridgehead atoms. The van der Waals surface area contributed by atoms with Crippen LogP contribution in [-0.4, -0.2) is 37.0 Å². The summed E-state index contributed by atoms with van der Waals surface area (Å²) >= 11 is 0. The Hall–Kier alpha value is -0.830. The predicted octanol–water partition coefficient (Wildman–Crippen LogP) is 1.41. The molecule has 0 spiro atoms. The molecule has 0 aromatic rings. The van der Waals surface area contributed by atoms with E-state index in [1.807, 2.05) is 18.7 Å². The van der Waals surface area contributed by atoms with Crippen molar-refractivity contribution in [2.45, 2.75) is 27.7 Å². The number of likely N-dealkylation sites (N-methyl/N-ethyl adjacent to an activating group) is 1. The second kappa shape index (κ2) is 5.31. The Bertz CT molecular complexity index is 263. The van der Waals surface area contributed by atoms with Crippen molar-refractivity contribution in [2.24, 2.45) is 5.92 Å². The Morgan fingerprint density at radius 3 is 2.40 bits per heavy atom. The van der Waals surface area contributed by atoms with Crippen molar-refractivity contribution < 1.29 is 4.79 Å². The van der Waals surface area contributed by atoms with Crippen LogP contribution in [0.3, 0.4) is 0 Å². The van der Waals surface area contributed by atoms with Gasteiger partial charge in [0.2, 0.25) is 5.91 Å². The van der Waals surface area contributed by atoms with Crippen LogP contribution in [0.15, 0.2) is 11.1 Å². The maximum atomic E-state index is 12.1. The molecule has 0 aromatic heterocycles. The molecule has 1 heterocycles. The lowest BCUT2D eigenvalue weighted by molar-refractivity contribution is -0.127. The van der Waals surface area contributed by atoms with E-state index in [4.69, 9.17) is 0 Å². The van der Waals surface area contributed by atoms with Gasteiger partial charge in [-0.25, -0.2) is 0 Å². The fourth-order valence-corrected chi connectivity index (χ4v) is 1.70. The molecule has 0 aliphatic carbocycles. The van der Waals surface area contributed by atoms with Gasteiger partial charge in [0.15, 0.2) is 0 Å². The molecule has 0 atom stereocenters. The molecule has 3 nitrogen and oxygen atoms in total. The summed E-state index contributed by atoms with van der Waals surface area (Å²) in [4.78, 5) is 14.0. The first-order valence-electron chi connectivity index (χ1n) is 5.74. The number of hydrogen-bond acceptors (Lipinski definition) is 2. The molecule has 1 aliphatic heterocycles. The monoisotopic (exact) mass is 210 g/mol. The zero-order valence-corrected chi connectivity index (χ0v) is 10.3. The number of nitrogens with zero attached hydrogens (tertiary/aromatic N) is 1. The second-order valence-corrected chi connectivity index (χ2v) is 4.57. The molecule has 15 heavy (non-hydrogen) atoms. The van der Waals surface area contributed by atoms with E-state index in [-0.39, 0.29) is 5.91 Å². The molecule has 1 fully saturated rings. The number of amides is 1. The lowest BCUT2D eigenvalue weighted by Gasteiger charge is -2.27. The quantitative estimate of drug-likeness (QED) is 0.712. The first kappa shape index (κ1) is 12.2.